The Hall–Kier alpha value is -1.85. The molecule has 26 heavy (non-hydrogen) atoms. The number of methoxy groups -OCH3 is 1. The van der Waals surface area contributed by atoms with Gasteiger partial charge in [-0.25, -0.2) is 0 Å². The van der Waals surface area contributed by atoms with Crippen LogP contribution >= 0.6 is 23.4 Å². The highest BCUT2D eigenvalue weighted by molar-refractivity contribution is 7.98. The summed E-state index contributed by atoms with van der Waals surface area (Å²) in [5.74, 6) is 2.86. The predicted molar refractivity (Wildman–Crippen MR) is 108 cm³/mol. The summed E-state index contributed by atoms with van der Waals surface area (Å²) in [6, 6.07) is 15.1. The molecule has 2 aromatic carbocycles. The van der Waals surface area contributed by atoms with Crippen molar-refractivity contribution >= 4 is 29.3 Å². The van der Waals surface area contributed by atoms with Gasteiger partial charge >= 0.3 is 0 Å². The molecule has 2 rings (SSSR count). The molecular formula is C20H24ClNO3S. The Morgan fingerprint density at radius 2 is 1.96 bits per heavy atom. The van der Waals surface area contributed by atoms with Crippen LogP contribution in [0.2, 0.25) is 5.02 Å². The van der Waals surface area contributed by atoms with Gasteiger partial charge in [0.25, 0.3) is 5.91 Å². The highest BCUT2D eigenvalue weighted by atomic mass is 35.5. The fraction of sp³-hybridized carbons (Fsp3) is 0.350. The largest absolute Gasteiger partial charge is 0.497 e. The van der Waals surface area contributed by atoms with E-state index in [-0.39, 0.29) is 5.91 Å². The molecule has 140 valence electrons. The number of hydrogen-bond acceptors (Lipinski definition) is 4. The van der Waals surface area contributed by atoms with Crippen LogP contribution < -0.4 is 14.8 Å². The van der Waals surface area contributed by atoms with Gasteiger partial charge in [0.1, 0.15) is 11.5 Å². The number of hydrogen-bond donors (Lipinski definition) is 1. The molecule has 0 heterocycles. The maximum atomic E-state index is 12.3. The number of carbonyl (C=O) groups excluding carboxylic acids is 1. The summed E-state index contributed by atoms with van der Waals surface area (Å²) in [6.45, 7) is 2.52. The molecule has 0 unspecified atom stereocenters. The molecule has 2 aromatic rings. The van der Waals surface area contributed by atoms with Crippen molar-refractivity contribution in [1.82, 2.24) is 5.32 Å². The zero-order valence-electron chi connectivity index (χ0n) is 15.0. The van der Waals surface area contributed by atoms with Gasteiger partial charge in [-0.2, -0.15) is 11.8 Å². The summed E-state index contributed by atoms with van der Waals surface area (Å²) in [5, 5.41) is 3.71. The molecule has 6 heteroatoms. The van der Waals surface area contributed by atoms with Gasteiger partial charge in [0.2, 0.25) is 0 Å². The van der Waals surface area contributed by atoms with Crippen LogP contribution in [-0.4, -0.2) is 31.4 Å². The first-order valence-corrected chi connectivity index (χ1v) is 10.1. The van der Waals surface area contributed by atoms with E-state index in [0.29, 0.717) is 24.5 Å². The van der Waals surface area contributed by atoms with Crippen molar-refractivity contribution in [3.63, 3.8) is 0 Å². The van der Waals surface area contributed by atoms with Gasteiger partial charge in [0, 0.05) is 29.1 Å². The minimum Gasteiger partial charge on any atom is -0.497 e. The van der Waals surface area contributed by atoms with Crippen LogP contribution in [0.25, 0.3) is 0 Å². The number of benzene rings is 2. The number of rotatable bonds is 10. The van der Waals surface area contributed by atoms with Crippen LogP contribution in [0.15, 0.2) is 48.5 Å². The fourth-order valence-electron chi connectivity index (χ4n) is 2.32. The molecule has 1 atom stereocenters. The lowest BCUT2D eigenvalue weighted by Crippen LogP contribution is -2.39. The summed E-state index contributed by atoms with van der Waals surface area (Å²) in [5.41, 5.74) is 1.11. The maximum absolute atomic E-state index is 12.3. The van der Waals surface area contributed by atoms with Gasteiger partial charge in [-0.3, -0.25) is 4.79 Å². The Labute approximate surface area is 164 Å². The number of nitrogens with one attached hydrogen (secondary N) is 1. The van der Waals surface area contributed by atoms with E-state index in [2.05, 4.69) is 5.32 Å². The molecular weight excluding hydrogens is 370 g/mol. The molecule has 0 bridgehead atoms. The molecule has 1 N–H and O–H groups in total. The first-order valence-electron chi connectivity index (χ1n) is 8.53. The SMILES string of the molecule is CC[C@H](Oc1cccc(OC)c1)C(=O)NCCSCc1ccccc1Cl. The van der Waals surface area contributed by atoms with Crippen molar-refractivity contribution in [1.29, 1.82) is 0 Å². The topological polar surface area (TPSA) is 47.6 Å². The minimum absolute atomic E-state index is 0.103. The zero-order chi connectivity index (χ0) is 18.8. The third kappa shape index (κ3) is 6.46. The van der Waals surface area contributed by atoms with Crippen molar-refractivity contribution in [3.8, 4) is 11.5 Å². The van der Waals surface area contributed by atoms with Gasteiger partial charge in [0.15, 0.2) is 6.10 Å². The molecule has 0 saturated carbocycles. The van der Waals surface area contributed by atoms with Crippen LogP contribution in [0.4, 0.5) is 0 Å². The number of carbonyl (C=O) groups is 1. The number of thioether (sulfide) groups is 1. The van der Waals surface area contributed by atoms with Crippen LogP contribution in [0.5, 0.6) is 11.5 Å². The second-order valence-electron chi connectivity index (χ2n) is 5.63. The highest BCUT2D eigenvalue weighted by Crippen LogP contribution is 2.21. The highest BCUT2D eigenvalue weighted by Gasteiger charge is 2.18. The average molecular weight is 394 g/mol. The molecule has 0 spiro atoms. The average Bonchev–Trinajstić information content (AvgIpc) is 2.67. The Kier molecular flexibility index (Phi) is 8.65. The van der Waals surface area contributed by atoms with Crippen LogP contribution in [0.3, 0.4) is 0 Å². The lowest BCUT2D eigenvalue weighted by Gasteiger charge is -2.17. The summed E-state index contributed by atoms with van der Waals surface area (Å²) in [6.07, 6.45) is 0.0752. The molecule has 0 fully saturated rings. The smallest absolute Gasteiger partial charge is 0.261 e. The first-order chi connectivity index (χ1) is 12.6. The van der Waals surface area contributed by atoms with Crippen molar-refractivity contribution in [3.05, 3.63) is 59.1 Å². The van der Waals surface area contributed by atoms with E-state index in [1.165, 1.54) is 0 Å². The van der Waals surface area contributed by atoms with Gasteiger partial charge < -0.3 is 14.8 Å². The lowest BCUT2D eigenvalue weighted by atomic mass is 10.2. The van der Waals surface area contributed by atoms with Gasteiger partial charge in [-0.15, -0.1) is 0 Å². The molecule has 0 saturated heterocycles. The second-order valence-corrected chi connectivity index (χ2v) is 7.14. The second kappa shape index (κ2) is 11.0. The van der Waals surface area contributed by atoms with Gasteiger partial charge in [-0.1, -0.05) is 42.8 Å². The van der Waals surface area contributed by atoms with Crippen molar-refractivity contribution in [2.45, 2.75) is 25.2 Å². The third-order valence-electron chi connectivity index (χ3n) is 3.74. The molecule has 4 nitrogen and oxygen atoms in total. The monoisotopic (exact) mass is 393 g/mol. The quantitative estimate of drug-likeness (QED) is 0.601. The molecule has 0 aliphatic heterocycles. The summed E-state index contributed by atoms with van der Waals surface area (Å²) in [7, 11) is 1.60. The van der Waals surface area contributed by atoms with Crippen LogP contribution in [-0.2, 0) is 10.5 Å². The van der Waals surface area contributed by atoms with Crippen molar-refractivity contribution in [2.24, 2.45) is 0 Å². The third-order valence-corrected chi connectivity index (χ3v) is 5.12. The van der Waals surface area contributed by atoms with E-state index in [1.54, 1.807) is 24.9 Å². The Bertz CT molecular complexity index is 711. The summed E-state index contributed by atoms with van der Waals surface area (Å²) < 4.78 is 11.0. The zero-order valence-corrected chi connectivity index (χ0v) is 16.6. The Morgan fingerprint density at radius 3 is 2.69 bits per heavy atom. The minimum atomic E-state index is -0.518. The van der Waals surface area contributed by atoms with Crippen LogP contribution in [0, 0.1) is 0 Å². The summed E-state index contributed by atoms with van der Waals surface area (Å²) >= 11 is 7.87. The Balaban J connectivity index is 1.73. The van der Waals surface area contributed by atoms with Gasteiger partial charge in [-0.05, 0) is 30.2 Å². The standard InChI is InChI=1S/C20H24ClNO3S/c1-3-19(25-17-9-6-8-16(13-17)24-2)20(23)22-11-12-26-14-15-7-4-5-10-18(15)21/h4-10,13,19H,3,11-12,14H2,1-2H3,(H,22,23)/t19-/m0/s1. The molecule has 0 radical (unpaired) electrons. The van der Waals surface area contributed by atoms with E-state index in [0.717, 1.165) is 22.1 Å². The van der Waals surface area contributed by atoms with E-state index < -0.39 is 6.10 Å². The fourth-order valence-corrected chi connectivity index (χ4v) is 3.46. The number of halogens is 1. The van der Waals surface area contributed by atoms with E-state index in [4.69, 9.17) is 21.1 Å². The molecule has 0 aliphatic rings. The van der Waals surface area contributed by atoms with E-state index >= 15 is 0 Å². The van der Waals surface area contributed by atoms with E-state index in [9.17, 15) is 4.79 Å². The number of ether oxygens (including phenoxy) is 2. The first kappa shape index (κ1) is 20.5. The van der Waals surface area contributed by atoms with Crippen molar-refractivity contribution in [2.75, 3.05) is 19.4 Å². The molecule has 0 aromatic heterocycles. The molecule has 0 aliphatic carbocycles. The predicted octanol–water partition coefficient (Wildman–Crippen LogP) is 4.56. The van der Waals surface area contributed by atoms with E-state index in [1.807, 2.05) is 49.4 Å². The summed E-state index contributed by atoms with van der Waals surface area (Å²) in [4.78, 5) is 12.3. The van der Waals surface area contributed by atoms with Crippen molar-refractivity contribution < 1.29 is 14.3 Å². The maximum Gasteiger partial charge on any atom is 0.261 e. The van der Waals surface area contributed by atoms with Crippen LogP contribution in [0.1, 0.15) is 18.9 Å². The lowest BCUT2D eigenvalue weighted by molar-refractivity contribution is -0.127. The number of amides is 1. The molecule has 1 amide bonds. The normalized spacial score (nSPS) is 11.7. The Morgan fingerprint density at radius 1 is 1.19 bits per heavy atom. The van der Waals surface area contributed by atoms with Gasteiger partial charge in [0.05, 0.1) is 7.11 Å².